The first kappa shape index (κ1) is 31.8. The molecule has 2 N–H and O–H groups in total. The number of carbonyl (C=O) groups excluding carboxylic acids is 4. The number of benzene rings is 2. The van der Waals surface area contributed by atoms with Crippen molar-refractivity contribution < 1.29 is 23.9 Å². The molecule has 3 saturated heterocycles. The van der Waals surface area contributed by atoms with Gasteiger partial charge in [0.15, 0.2) is 0 Å². The van der Waals surface area contributed by atoms with Crippen molar-refractivity contribution in [3.05, 3.63) is 59.7 Å². The van der Waals surface area contributed by atoms with E-state index in [0.29, 0.717) is 62.9 Å². The maximum Gasteiger partial charge on any atom is 0.322 e. The van der Waals surface area contributed by atoms with Crippen LogP contribution in [0.3, 0.4) is 0 Å². The molecule has 0 radical (unpaired) electrons. The monoisotopic (exact) mass is 630 g/mol. The van der Waals surface area contributed by atoms with Crippen LogP contribution < -0.4 is 15.4 Å². The van der Waals surface area contributed by atoms with Crippen LogP contribution in [0.4, 0.5) is 10.5 Å². The van der Waals surface area contributed by atoms with Gasteiger partial charge in [-0.05, 0) is 87.5 Å². The van der Waals surface area contributed by atoms with E-state index < -0.39 is 11.9 Å². The van der Waals surface area contributed by atoms with E-state index in [2.05, 4.69) is 15.5 Å². The summed E-state index contributed by atoms with van der Waals surface area (Å²) in [6.45, 7) is 5.02. The number of amides is 5. The second kappa shape index (κ2) is 14.5. The predicted octanol–water partition coefficient (Wildman–Crippen LogP) is 3.70. The second-order valence-corrected chi connectivity index (χ2v) is 12.9. The fourth-order valence-electron chi connectivity index (χ4n) is 7.39. The van der Waals surface area contributed by atoms with Crippen molar-refractivity contribution in [3.8, 4) is 5.75 Å². The predicted molar refractivity (Wildman–Crippen MR) is 174 cm³/mol. The number of ether oxygens (including phenoxy) is 1. The number of likely N-dealkylation sites (tertiary alicyclic amines) is 3. The zero-order chi connectivity index (χ0) is 32.0. The quantitative estimate of drug-likeness (QED) is 0.460. The lowest BCUT2D eigenvalue weighted by Gasteiger charge is -2.41. The molecule has 11 heteroatoms. The molecule has 0 saturated carbocycles. The Balaban J connectivity index is 1.08. The Hall–Kier alpha value is -4.12. The van der Waals surface area contributed by atoms with Gasteiger partial charge in [-0.2, -0.15) is 0 Å². The van der Waals surface area contributed by atoms with Gasteiger partial charge in [0.05, 0.1) is 13.5 Å². The van der Waals surface area contributed by atoms with E-state index in [-0.39, 0.29) is 30.3 Å². The first-order valence-corrected chi connectivity index (χ1v) is 16.8. The van der Waals surface area contributed by atoms with Crippen LogP contribution in [0.2, 0.25) is 0 Å². The Kier molecular flexibility index (Phi) is 10.1. The highest BCUT2D eigenvalue weighted by atomic mass is 16.5. The maximum atomic E-state index is 13.9. The van der Waals surface area contributed by atoms with Gasteiger partial charge in [0.25, 0.3) is 5.91 Å². The van der Waals surface area contributed by atoms with Gasteiger partial charge in [-0.1, -0.05) is 24.6 Å². The van der Waals surface area contributed by atoms with Gasteiger partial charge in [0.1, 0.15) is 11.8 Å². The minimum atomic E-state index is -0.962. The zero-order valence-corrected chi connectivity index (χ0v) is 26.8. The van der Waals surface area contributed by atoms with Gasteiger partial charge in [-0.25, -0.2) is 4.79 Å². The lowest BCUT2D eigenvalue weighted by atomic mass is 9.98. The van der Waals surface area contributed by atoms with Gasteiger partial charge in [-0.15, -0.1) is 0 Å². The molecule has 2 aromatic carbocycles. The number of nitrogens with zero attached hydrogens (tertiary/aromatic N) is 4. The van der Waals surface area contributed by atoms with Crippen molar-refractivity contribution in [2.75, 3.05) is 51.7 Å². The molecule has 4 aliphatic rings. The third kappa shape index (κ3) is 7.30. The Morgan fingerprint density at radius 1 is 0.848 bits per heavy atom. The third-order valence-electron chi connectivity index (χ3n) is 10.1. The number of urea groups is 1. The van der Waals surface area contributed by atoms with E-state index in [0.717, 1.165) is 37.2 Å². The number of para-hydroxylation sites is 1. The number of carbonyl (C=O) groups is 4. The van der Waals surface area contributed by atoms with Crippen LogP contribution in [0.5, 0.6) is 5.75 Å². The van der Waals surface area contributed by atoms with E-state index in [1.807, 2.05) is 34.1 Å². The highest BCUT2D eigenvalue weighted by Crippen LogP contribution is 2.28. The third-order valence-corrected chi connectivity index (χ3v) is 10.1. The lowest BCUT2D eigenvalue weighted by molar-refractivity contribution is -0.140. The molecule has 246 valence electrons. The summed E-state index contributed by atoms with van der Waals surface area (Å²) >= 11 is 0. The van der Waals surface area contributed by atoms with Crippen molar-refractivity contribution in [2.45, 2.75) is 76.0 Å². The highest BCUT2D eigenvalue weighted by molar-refractivity contribution is 5.99. The molecule has 0 spiro atoms. The molecule has 2 aromatic rings. The lowest BCUT2D eigenvalue weighted by Crippen LogP contribution is -2.55. The molecule has 11 nitrogen and oxygen atoms in total. The van der Waals surface area contributed by atoms with Crippen molar-refractivity contribution in [1.82, 2.24) is 24.9 Å². The van der Waals surface area contributed by atoms with Crippen LogP contribution in [0.1, 0.15) is 67.3 Å². The summed E-state index contributed by atoms with van der Waals surface area (Å²) in [4.78, 5) is 61.7. The van der Waals surface area contributed by atoms with Crippen molar-refractivity contribution >= 4 is 29.4 Å². The second-order valence-electron chi connectivity index (χ2n) is 12.9. The van der Waals surface area contributed by atoms with Crippen LogP contribution in [-0.4, -0.2) is 108 Å². The number of nitrogens with one attached hydrogen (secondary N) is 2. The maximum absolute atomic E-state index is 13.9. The van der Waals surface area contributed by atoms with Gasteiger partial charge in [0.2, 0.25) is 11.8 Å². The average Bonchev–Trinajstić information content (AvgIpc) is 3.11. The number of anilines is 1. The topological polar surface area (TPSA) is 115 Å². The molecule has 4 aliphatic heterocycles. The zero-order valence-electron chi connectivity index (χ0n) is 26.8. The number of methoxy groups -OCH3 is 1. The molecule has 0 bridgehead atoms. The molecule has 3 fully saturated rings. The van der Waals surface area contributed by atoms with Gasteiger partial charge >= 0.3 is 6.03 Å². The first-order valence-electron chi connectivity index (χ1n) is 16.8. The molecule has 6 rings (SSSR count). The van der Waals surface area contributed by atoms with Gasteiger partial charge < -0.3 is 35.0 Å². The van der Waals surface area contributed by atoms with Crippen LogP contribution in [0, 0.1) is 0 Å². The van der Waals surface area contributed by atoms with Crippen LogP contribution in [0.25, 0.3) is 0 Å². The number of hydrogen-bond acceptors (Lipinski definition) is 6. The molecule has 0 aliphatic carbocycles. The fourth-order valence-corrected chi connectivity index (χ4v) is 7.39. The summed E-state index contributed by atoms with van der Waals surface area (Å²) in [5, 5.41) is 5.88. The number of rotatable bonds is 8. The molecule has 46 heavy (non-hydrogen) atoms. The van der Waals surface area contributed by atoms with Crippen LogP contribution >= 0.6 is 0 Å². The number of fused-ring (bicyclic) bond motifs is 1. The van der Waals surface area contributed by atoms with Crippen LogP contribution in [0.15, 0.2) is 48.5 Å². The molecule has 1 unspecified atom stereocenters. The Morgan fingerprint density at radius 2 is 1.50 bits per heavy atom. The van der Waals surface area contributed by atoms with Crippen molar-refractivity contribution in [3.63, 3.8) is 0 Å². The minimum Gasteiger partial charge on any atom is -0.497 e. The van der Waals surface area contributed by atoms with E-state index in [4.69, 9.17) is 4.74 Å². The summed E-state index contributed by atoms with van der Waals surface area (Å²) in [5.41, 5.74) is 2.33. The van der Waals surface area contributed by atoms with Crippen LogP contribution in [-0.2, 0) is 16.1 Å². The van der Waals surface area contributed by atoms with E-state index >= 15 is 0 Å². The summed E-state index contributed by atoms with van der Waals surface area (Å²) in [6.07, 6.45) is 6.77. The molecule has 1 atom stereocenters. The SMILES string of the molecule is COc1ccc(C(=O)NC(CC(=O)N2CCC(N3Cc4ccccc4NC3=O)CC2)C(=O)N2CCC(N3CCCCC3)CC2)cc1. The Morgan fingerprint density at radius 3 is 2.20 bits per heavy atom. The standard InChI is InChI=1S/C35H46N6O5/c1-46-29-11-9-25(10-12-29)33(43)36-31(34(44)40-21-13-27(14-22-40)38-17-5-2-6-18-38)23-32(42)39-19-15-28(16-20-39)41-24-26-7-3-4-8-30(26)37-35(41)45/h3-4,7-12,27-28,31H,2,5-6,13-24H2,1H3,(H,36,43)(H,37,45). The number of piperidine rings is 3. The van der Waals surface area contributed by atoms with Crippen molar-refractivity contribution in [2.24, 2.45) is 0 Å². The van der Waals surface area contributed by atoms with E-state index in [9.17, 15) is 19.2 Å². The summed E-state index contributed by atoms with van der Waals surface area (Å²) in [6, 6.07) is 14.0. The van der Waals surface area contributed by atoms with Crippen molar-refractivity contribution in [1.29, 1.82) is 0 Å². The molecular formula is C35H46N6O5. The minimum absolute atomic E-state index is 0.0193. The van der Waals surface area contributed by atoms with Gasteiger partial charge in [-0.3, -0.25) is 14.4 Å². The summed E-state index contributed by atoms with van der Waals surface area (Å²) in [5.74, 6) is -0.132. The smallest absolute Gasteiger partial charge is 0.322 e. The fraction of sp³-hybridized carbons (Fsp3) is 0.543. The molecule has 4 heterocycles. The Bertz CT molecular complexity index is 1390. The highest BCUT2D eigenvalue weighted by Gasteiger charge is 2.36. The average molecular weight is 631 g/mol. The first-order chi connectivity index (χ1) is 22.4. The normalized spacial score (nSPS) is 20.5. The van der Waals surface area contributed by atoms with E-state index in [1.54, 1.807) is 36.3 Å². The largest absolute Gasteiger partial charge is 0.497 e. The molecule has 5 amide bonds. The number of hydrogen-bond donors (Lipinski definition) is 2. The summed E-state index contributed by atoms with van der Waals surface area (Å²) < 4.78 is 5.22. The van der Waals surface area contributed by atoms with Gasteiger partial charge in [0, 0.05) is 56.1 Å². The molecular weight excluding hydrogens is 584 g/mol. The Labute approximate surface area is 271 Å². The molecule has 0 aromatic heterocycles. The van der Waals surface area contributed by atoms with E-state index in [1.165, 1.54) is 19.3 Å². The summed E-state index contributed by atoms with van der Waals surface area (Å²) in [7, 11) is 1.56.